The largest absolute Gasteiger partial charge is 0.491 e. The molecule has 3 N–H and O–H groups in total. The summed E-state index contributed by atoms with van der Waals surface area (Å²) in [6, 6.07) is 9.31. The van der Waals surface area contributed by atoms with E-state index in [1.807, 2.05) is 36.4 Å². The number of benzene rings is 1. The smallest absolute Gasteiger partial charge is 0.303 e. The summed E-state index contributed by atoms with van der Waals surface area (Å²) >= 11 is 0. The van der Waals surface area contributed by atoms with Gasteiger partial charge in [-0.15, -0.1) is 0 Å². The van der Waals surface area contributed by atoms with Crippen LogP contribution in [0, 0.1) is 5.92 Å². The second-order valence-electron chi connectivity index (χ2n) is 6.95. The summed E-state index contributed by atoms with van der Waals surface area (Å²) in [6.45, 7) is 0.458. The molecule has 0 amide bonds. The Balaban J connectivity index is 1.69. The monoisotopic (exact) mass is 378 g/mol. The Labute approximate surface area is 160 Å². The molecule has 1 saturated heterocycles. The number of carboxylic acid groups (broad SMARTS) is 1. The molecule has 27 heavy (non-hydrogen) atoms. The maximum atomic E-state index is 10.5. The van der Waals surface area contributed by atoms with Crippen molar-refractivity contribution in [3.63, 3.8) is 0 Å². The molecule has 2 rings (SSSR count). The van der Waals surface area contributed by atoms with E-state index in [1.165, 1.54) is 0 Å². The van der Waals surface area contributed by atoms with Crippen LogP contribution in [0.25, 0.3) is 0 Å². The van der Waals surface area contributed by atoms with E-state index in [9.17, 15) is 15.0 Å². The van der Waals surface area contributed by atoms with Crippen molar-refractivity contribution in [2.24, 2.45) is 5.92 Å². The van der Waals surface area contributed by atoms with E-state index in [1.54, 1.807) is 6.08 Å². The summed E-state index contributed by atoms with van der Waals surface area (Å²) in [5.74, 6) is -0.0455. The molecule has 0 radical (unpaired) electrons. The molecule has 0 saturated carbocycles. The van der Waals surface area contributed by atoms with Gasteiger partial charge in [0.1, 0.15) is 18.5 Å². The molecule has 6 heteroatoms. The fraction of sp³-hybridized carbons (Fsp3) is 0.571. The first-order valence-corrected chi connectivity index (χ1v) is 9.62. The van der Waals surface area contributed by atoms with E-state index in [0.717, 1.165) is 25.7 Å². The highest BCUT2D eigenvalue weighted by atomic mass is 16.5. The van der Waals surface area contributed by atoms with Crippen molar-refractivity contribution in [2.75, 3.05) is 13.2 Å². The van der Waals surface area contributed by atoms with Crippen LogP contribution >= 0.6 is 0 Å². The molecule has 6 nitrogen and oxygen atoms in total. The van der Waals surface area contributed by atoms with Gasteiger partial charge in [0.15, 0.2) is 0 Å². The Kier molecular flexibility index (Phi) is 9.31. The lowest BCUT2D eigenvalue weighted by molar-refractivity contribution is -0.137. The number of rotatable bonds is 12. The third kappa shape index (κ3) is 8.12. The summed E-state index contributed by atoms with van der Waals surface area (Å²) in [6.07, 6.45) is 6.47. The highest BCUT2D eigenvalue weighted by molar-refractivity contribution is 5.66. The second-order valence-corrected chi connectivity index (χ2v) is 6.95. The number of para-hydroxylation sites is 1. The highest BCUT2D eigenvalue weighted by Crippen LogP contribution is 2.28. The lowest BCUT2D eigenvalue weighted by Crippen LogP contribution is -2.23. The molecule has 1 unspecified atom stereocenters. The van der Waals surface area contributed by atoms with Gasteiger partial charge in [0.25, 0.3) is 0 Å². The van der Waals surface area contributed by atoms with E-state index in [0.29, 0.717) is 18.8 Å². The van der Waals surface area contributed by atoms with Gasteiger partial charge >= 0.3 is 5.97 Å². The minimum atomic E-state index is -0.755. The minimum absolute atomic E-state index is 0.00275. The van der Waals surface area contributed by atoms with Crippen LogP contribution in [0.4, 0.5) is 0 Å². The lowest BCUT2D eigenvalue weighted by Gasteiger charge is -2.18. The zero-order chi connectivity index (χ0) is 19.5. The normalized spacial score (nSPS) is 23.6. The number of aliphatic hydroxyl groups is 2. The van der Waals surface area contributed by atoms with Crippen molar-refractivity contribution < 1.29 is 29.6 Å². The summed E-state index contributed by atoms with van der Waals surface area (Å²) in [4.78, 5) is 10.5. The molecule has 0 spiro atoms. The summed E-state index contributed by atoms with van der Waals surface area (Å²) in [5, 5.41) is 28.8. The number of aliphatic carboxylic acids is 1. The van der Waals surface area contributed by atoms with Crippen LogP contribution in [0.2, 0.25) is 0 Å². The molecule has 0 aromatic heterocycles. The van der Waals surface area contributed by atoms with Gasteiger partial charge in [0.05, 0.1) is 18.8 Å². The van der Waals surface area contributed by atoms with E-state index in [4.69, 9.17) is 14.6 Å². The van der Waals surface area contributed by atoms with Crippen LogP contribution in [0.5, 0.6) is 5.75 Å². The van der Waals surface area contributed by atoms with Gasteiger partial charge in [0, 0.05) is 12.3 Å². The minimum Gasteiger partial charge on any atom is -0.491 e. The van der Waals surface area contributed by atoms with Crippen molar-refractivity contribution in [3.8, 4) is 5.75 Å². The van der Waals surface area contributed by atoms with Crippen molar-refractivity contribution >= 4 is 5.97 Å². The van der Waals surface area contributed by atoms with Gasteiger partial charge in [-0.2, -0.15) is 0 Å². The Morgan fingerprint density at radius 3 is 2.70 bits per heavy atom. The third-order valence-electron chi connectivity index (χ3n) is 4.74. The molecule has 0 bridgehead atoms. The molecular formula is C21H30O6. The second kappa shape index (κ2) is 11.7. The van der Waals surface area contributed by atoms with Gasteiger partial charge < -0.3 is 24.8 Å². The molecule has 4 atom stereocenters. The standard InChI is InChI=1S/C21H30O6/c22-16(14-26-17-8-4-3-5-9-17)12-13-20-18(19(23)15-27-20)10-6-1-2-7-11-21(24)25/h3-5,8-9,12-13,16,18-20,22-23H,1-2,6-7,10-11,14-15H2,(H,24,25)/b13-12+/t16-,18+,19?,20-/m1/s1. The molecule has 0 aliphatic carbocycles. The molecular weight excluding hydrogens is 348 g/mol. The van der Waals surface area contributed by atoms with Gasteiger partial charge in [0.2, 0.25) is 0 Å². The number of carboxylic acids is 1. The maximum Gasteiger partial charge on any atom is 0.303 e. The number of hydrogen-bond donors (Lipinski definition) is 3. The fourth-order valence-corrected chi connectivity index (χ4v) is 3.23. The molecule has 1 aromatic rings. The molecule has 1 fully saturated rings. The SMILES string of the molecule is O=C(O)CCCCCC[C@H]1C(O)CO[C@@H]1/C=C/[C@@H](O)COc1ccccc1. The van der Waals surface area contributed by atoms with Gasteiger partial charge in [-0.1, -0.05) is 49.6 Å². The summed E-state index contributed by atoms with van der Waals surface area (Å²) < 4.78 is 11.2. The Morgan fingerprint density at radius 2 is 1.96 bits per heavy atom. The Hall–Kier alpha value is -1.89. The predicted octanol–water partition coefficient (Wildman–Crippen LogP) is 2.78. The number of unbranched alkanes of at least 4 members (excludes halogenated alkanes) is 3. The zero-order valence-electron chi connectivity index (χ0n) is 15.6. The summed E-state index contributed by atoms with van der Waals surface area (Å²) in [5.41, 5.74) is 0. The first-order valence-electron chi connectivity index (χ1n) is 9.62. The Morgan fingerprint density at radius 1 is 1.22 bits per heavy atom. The van der Waals surface area contributed by atoms with Crippen LogP contribution in [-0.4, -0.2) is 52.8 Å². The molecule has 150 valence electrons. The predicted molar refractivity (Wildman–Crippen MR) is 102 cm³/mol. The molecule has 1 aliphatic rings. The van der Waals surface area contributed by atoms with Gasteiger partial charge in [-0.25, -0.2) is 0 Å². The maximum absolute atomic E-state index is 10.5. The number of aliphatic hydroxyl groups excluding tert-OH is 2. The fourth-order valence-electron chi connectivity index (χ4n) is 3.23. The Bertz CT molecular complexity index is 573. The van der Waals surface area contributed by atoms with Crippen LogP contribution in [-0.2, 0) is 9.53 Å². The van der Waals surface area contributed by atoms with E-state index in [-0.39, 0.29) is 25.0 Å². The average molecular weight is 378 g/mol. The quantitative estimate of drug-likeness (QED) is 0.382. The first-order chi connectivity index (χ1) is 13.1. The number of carbonyl (C=O) groups is 1. The topological polar surface area (TPSA) is 96.2 Å². The van der Waals surface area contributed by atoms with E-state index in [2.05, 4.69) is 0 Å². The highest BCUT2D eigenvalue weighted by Gasteiger charge is 2.33. The van der Waals surface area contributed by atoms with Crippen LogP contribution in [0.15, 0.2) is 42.5 Å². The van der Waals surface area contributed by atoms with Crippen molar-refractivity contribution in [1.29, 1.82) is 0 Å². The van der Waals surface area contributed by atoms with E-state index >= 15 is 0 Å². The average Bonchev–Trinajstić information content (AvgIpc) is 3.01. The molecule has 1 aromatic carbocycles. The van der Waals surface area contributed by atoms with Crippen molar-refractivity contribution in [2.45, 2.75) is 56.8 Å². The summed E-state index contributed by atoms with van der Waals surface area (Å²) in [7, 11) is 0. The van der Waals surface area contributed by atoms with Crippen LogP contribution in [0.3, 0.4) is 0 Å². The van der Waals surface area contributed by atoms with Crippen molar-refractivity contribution in [3.05, 3.63) is 42.5 Å². The molecule has 1 aliphatic heterocycles. The number of ether oxygens (including phenoxy) is 2. The number of hydrogen-bond acceptors (Lipinski definition) is 5. The zero-order valence-corrected chi connectivity index (χ0v) is 15.6. The third-order valence-corrected chi connectivity index (χ3v) is 4.74. The van der Waals surface area contributed by atoms with Gasteiger partial charge in [-0.05, 0) is 25.0 Å². The van der Waals surface area contributed by atoms with Gasteiger partial charge in [-0.3, -0.25) is 4.79 Å². The molecule has 1 heterocycles. The first kappa shape index (κ1) is 21.4. The van der Waals surface area contributed by atoms with Crippen molar-refractivity contribution in [1.82, 2.24) is 0 Å². The van der Waals surface area contributed by atoms with E-state index < -0.39 is 18.2 Å². The lowest BCUT2D eigenvalue weighted by atomic mass is 9.92. The van der Waals surface area contributed by atoms with Crippen LogP contribution < -0.4 is 4.74 Å². The van der Waals surface area contributed by atoms with Crippen LogP contribution in [0.1, 0.15) is 38.5 Å².